The fourth-order valence-electron chi connectivity index (χ4n) is 3.96. The van der Waals surface area contributed by atoms with Gasteiger partial charge in [-0.2, -0.15) is 0 Å². The maximum absolute atomic E-state index is 12.7. The molecule has 0 atom stereocenters. The minimum absolute atomic E-state index is 0.114. The summed E-state index contributed by atoms with van der Waals surface area (Å²) in [7, 11) is 0. The van der Waals surface area contributed by atoms with Crippen molar-refractivity contribution in [1.29, 1.82) is 0 Å². The van der Waals surface area contributed by atoms with Gasteiger partial charge >= 0.3 is 0 Å². The topological polar surface area (TPSA) is 93.3 Å². The van der Waals surface area contributed by atoms with Gasteiger partial charge in [-0.1, -0.05) is 36.0 Å². The summed E-state index contributed by atoms with van der Waals surface area (Å²) >= 11 is 1.31. The molecular weight excluding hydrogens is 450 g/mol. The molecule has 0 bridgehead atoms. The number of aryl methyl sites for hydroxylation is 1. The lowest BCUT2D eigenvalue weighted by Crippen LogP contribution is -2.23. The van der Waals surface area contributed by atoms with Crippen LogP contribution in [0.3, 0.4) is 0 Å². The lowest BCUT2D eigenvalue weighted by Gasteiger charge is -2.16. The highest BCUT2D eigenvalue weighted by molar-refractivity contribution is 7.99. The summed E-state index contributed by atoms with van der Waals surface area (Å²) in [6, 6.07) is 19.0. The standard InChI is InChI=1S/C25H23N5O3S/c1-17-21(12-14-33-17)24-27-28-25(30(24)19-8-3-2-4-9-19)34-16-22(31)26-18-7-5-10-20(15-18)29-13-6-11-23(29)32/h2-5,7-10,12,14-15H,6,11,13,16H2,1H3,(H,26,31). The van der Waals surface area contributed by atoms with Crippen molar-refractivity contribution < 1.29 is 14.0 Å². The van der Waals surface area contributed by atoms with Crippen molar-refractivity contribution in [3.63, 3.8) is 0 Å². The van der Waals surface area contributed by atoms with Crippen LogP contribution < -0.4 is 10.2 Å². The van der Waals surface area contributed by atoms with Gasteiger partial charge in [0.15, 0.2) is 11.0 Å². The third kappa shape index (κ3) is 4.47. The first kappa shape index (κ1) is 22.0. The third-order valence-corrected chi connectivity index (χ3v) is 6.52. The first-order chi connectivity index (χ1) is 16.6. The second-order valence-electron chi connectivity index (χ2n) is 7.90. The highest BCUT2D eigenvalue weighted by atomic mass is 32.2. The van der Waals surface area contributed by atoms with Crippen LogP contribution in [0, 0.1) is 6.92 Å². The summed E-state index contributed by atoms with van der Waals surface area (Å²) in [6.45, 7) is 2.59. The summed E-state index contributed by atoms with van der Waals surface area (Å²) in [6.07, 6.45) is 3.04. The summed E-state index contributed by atoms with van der Waals surface area (Å²) in [5, 5.41) is 12.3. The second kappa shape index (κ2) is 9.56. The predicted octanol–water partition coefficient (Wildman–Crippen LogP) is 4.69. The number of hydrogen-bond acceptors (Lipinski definition) is 6. The molecular formula is C25H23N5O3S. The number of carbonyl (C=O) groups excluding carboxylic acids is 2. The van der Waals surface area contributed by atoms with E-state index in [2.05, 4.69) is 15.5 Å². The van der Waals surface area contributed by atoms with Gasteiger partial charge in [0, 0.05) is 30.0 Å². The lowest BCUT2D eigenvalue weighted by atomic mass is 10.2. The summed E-state index contributed by atoms with van der Waals surface area (Å²) in [4.78, 5) is 26.5. The minimum Gasteiger partial charge on any atom is -0.469 e. The van der Waals surface area contributed by atoms with E-state index >= 15 is 0 Å². The van der Waals surface area contributed by atoms with E-state index < -0.39 is 0 Å². The normalized spacial score (nSPS) is 13.4. The van der Waals surface area contributed by atoms with Crippen LogP contribution in [0.25, 0.3) is 17.1 Å². The number of thioether (sulfide) groups is 1. The van der Waals surface area contributed by atoms with Crippen molar-refractivity contribution in [3.05, 3.63) is 72.7 Å². The highest BCUT2D eigenvalue weighted by Crippen LogP contribution is 2.30. The second-order valence-corrected chi connectivity index (χ2v) is 8.85. The quantitative estimate of drug-likeness (QED) is 0.391. The Labute approximate surface area is 201 Å². The molecule has 0 aliphatic carbocycles. The van der Waals surface area contributed by atoms with E-state index in [0.29, 0.717) is 29.6 Å². The van der Waals surface area contributed by atoms with Crippen LogP contribution in [0.1, 0.15) is 18.6 Å². The first-order valence-electron chi connectivity index (χ1n) is 11.0. The van der Waals surface area contributed by atoms with Gasteiger partial charge in [-0.25, -0.2) is 0 Å². The van der Waals surface area contributed by atoms with Crippen molar-refractivity contribution in [1.82, 2.24) is 14.8 Å². The molecule has 1 aliphatic rings. The number of furan rings is 1. The lowest BCUT2D eigenvalue weighted by molar-refractivity contribution is -0.117. The van der Waals surface area contributed by atoms with Gasteiger partial charge in [0.1, 0.15) is 5.76 Å². The average molecular weight is 474 g/mol. The van der Waals surface area contributed by atoms with Crippen LogP contribution >= 0.6 is 11.8 Å². The van der Waals surface area contributed by atoms with Crippen LogP contribution in [0.4, 0.5) is 11.4 Å². The van der Waals surface area contributed by atoms with E-state index in [9.17, 15) is 9.59 Å². The Morgan fingerprint density at radius 2 is 1.91 bits per heavy atom. The summed E-state index contributed by atoms with van der Waals surface area (Å²) in [5.74, 6) is 1.50. The Morgan fingerprint density at radius 1 is 1.09 bits per heavy atom. The molecule has 0 radical (unpaired) electrons. The first-order valence-corrected chi connectivity index (χ1v) is 12.0. The fraction of sp³-hybridized carbons (Fsp3) is 0.200. The van der Waals surface area contributed by atoms with Gasteiger partial charge in [-0.05, 0) is 49.7 Å². The van der Waals surface area contributed by atoms with Gasteiger partial charge in [0.05, 0.1) is 17.6 Å². The monoisotopic (exact) mass is 473 g/mol. The number of carbonyl (C=O) groups is 2. The molecule has 1 N–H and O–H groups in total. The van der Waals surface area contributed by atoms with E-state index in [1.54, 1.807) is 11.2 Å². The average Bonchev–Trinajstić information content (AvgIpc) is 3.58. The van der Waals surface area contributed by atoms with Crippen molar-refractivity contribution in [2.75, 3.05) is 22.5 Å². The van der Waals surface area contributed by atoms with Crippen molar-refractivity contribution in [2.24, 2.45) is 0 Å². The molecule has 2 aromatic carbocycles. The summed E-state index contributed by atoms with van der Waals surface area (Å²) in [5.41, 5.74) is 3.20. The van der Waals surface area contributed by atoms with Gasteiger partial charge in [0.2, 0.25) is 11.8 Å². The maximum atomic E-state index is 12.7. The Bertz CT molecular complexity index is 1330. The molecule has 172 valence electrons. The molecule has 34 heavy (non-hydrogen) atoms. The smallest absolute Gasteiger partial charge is 0.234 e. The minimum atomic E-state index is -0.168. The molecule has 3 heterocycles. The molecule has 9 heteroatoms. The Kier molecular flexibility index (Phi) is 6.18. The maximum Gasteiger partial charge on any atom is 0.234 e. The number of nitrogens with zero attached hydrogens (tertiary/aromatic N) is 4. The fourth-order valence-corrected chi connectivity index (χ4v) is 4.72. The van der Waals surface area contributed by atoms with Crippen LogP contribution in [0.5, 0.6) is 0 Å². The molecule has 5 rings (SSSR count). The van der Waals surface area contributed by atoms with Crippen molar-refractivity contribution >= 4 is 35.0 Å². The number of aromatic nitrogens is 3. The molecule has 2 aromatic heterocycles. The highest BCUT2D eigenvalue weighted by Gasteiger charge is 2.22. The van der Waals surface area contributed by atoms with Gasteiger partial charge in [0.25, 0.3) is 0 Å². The SMILES string of the molecule is Cc1occc1-c1nnc(SCC(=O)Nc2cccc(N3CCCC3=O)c2)n1-c1ccccc1. The van der Waals surface area contributed by atoms with E-state index in [4.69, 9.17) is 4.42 Å². The van der Waals surface area contributed by atoms with Crippen LogP contribution in [-0.4, -0.2) is 38.9 Å². The molecule has 4 aromatic rings. The Hall–Kier alpha value is -3.85. The van der Waals surface area contributed by atoms with Gasteiger partial charge in [-0.15, -0.1) is 10.2 Å². The number of para-hydroxylation sites is 1. The molecule has 0 spiro atoms. The molecule has 8 nitrogen and oxygen atoms in total. The van der Waals surface area contributed by atoms with Gasteiger partial charge < -0.3 is 14.6 Å². The van der Waals surface area contributed by atoms with E-state index in [1.165, 1.54) is 11.8 Å². The Morgan fingerprint density at radius 3 is 2.65 bits per heavy atom. The zero-order chi connectivity index (χ0) is 23.5. The molecule has 1 aliphatic heterocycles. The van der Waals surface area contributed by atoms with Crippen LogP contribution in [-0.2, 0) is 9.59 Å². The largest absolute Gasteiger partial charge is 0.469 e. The van der Waals surface area contributed by atoms with Crippen LogP contribution in [0.2, 0.25) is 0 Å². The van der Waals surface area contributed by atoms with Crippen molar-refractivity contribution in [2.45, 2.75) is 24.9 Å². The van der Waals surface area contributed by atoms with E-state index in [0.717, 1.165) is 29.1 Å². The third-order valence-electron chi connectivity index (χ3n) is 5.59. The number of hydrogen-bond donors (Lipinski definition) is 1. The number of anilines is 2. The molecule has 2 amide bonds. The zero-order valence-electron chi connectivity index (χ0n) is 18.6. The van der Waals surface area contributed by atoms with E-state index in [-0.39, 0.29) is 17.6 Å². The number of nitrogens with one attached hydrogen (secondary N) is 1. The van der Waals surface area contributed by atoms with E-state index in [1.807, 2.05) is 72.2 Å². The number of amides is 2. The van der Waals surface area contributed by atoms with Crippen molar-refractivity contribution in [3.8, 4) is 17.1 Å². The van der Waals surface area contributed by atoms with Crippen LogP contribution in [0.15, 0.2) is 76.5 Å². The zero-order valence-corrected chi connectivity index (χ0v) is 19.4. The number of benzene rings is 2. The van der Waals surface area contributed by atoms with Gasteiger partial charge in [-0.3, -0.25) is 14.2 Å². The number of rotatable bonds is 7. The molecule has 0 unspecified atom stereocenters. The molecule has 1 saturated heterocycles. The Balaban J connectivity index is 1.33. The predicted molar refractivity (Wildman–Crippen MR) is 131 cm³/mol. The summed E-state index contributed by atoms with van der Waals surface area (Å²) < 4.78 is 7.39. The molecule has 1 fully saturated rings. The molecule has 0 saturated carbocycles.